The molecule has 0 saturated carbocycles. The summed E-state index contributed by atoms with van der Waals surface area (Å²) in [4.78, 5) is 2.52. The van der Waals surface area contributed by atoms with Crippen molar-refractivity contribution >= 4 is 15.9 Å². The average Bonchev–Trinajstić information content (AvgIpc) is 2.84. The van der Waals surface area contributed by atoms with Gasteiger partial charge in [-0.25, -0.2) is 0 Å². The van der Waals surface area contributed by atoms with Gasteiger partial charge in [-0.05, 0) is 74.9 Å². The maximum Gasteiger partial charge on any atom is 0.0693 e. The molecule has 1 aliphatic heterocycles. The molecule has 1 fully saturated rings. The predicted octanol–water partition coefficient (Wildman–Crippen LogP) is 3.08. The van der Waals surface area contributed by atoms with Crippen LogP contribution >= 0.6 is 15.9 Å². The van der Waals surface area contributed by atoms with E-state index in [1.54, 1.807) is 0 Å². The van der Waals surface area contributed by atoms with Gasteiger partial charge in [-0.15, -0.1) is 0 Å². The smallest absolute Gasteiger partial charge is 0.0693 e. The molecule has 3 heteroatoms. The molecular formula is C15H21BrN2. The van der Waals surface area contributed by atoms with E-state index in [0.29, 0.717) is 0 Å². The normalized spacial score (nSPS) is 29.0. The van der Waals surface area contributed by atoms with E-state index < -0.39 is 0 Å². The third-order valence-electron chi connectivity index (χ3n) is 4.56. The number of nitrogens with zero attached hydrogens (tertiary/aromatic N) is 1. The Morgan fingerprint density at radius 1 is 1.06 bits per heavy atom. The molecule has 1 atom stereocenters. The van der Waals surface area contributed by atoms with Crippen LogP contribution in [0.4, 0.5) is 0 Å². The predicted molar refractivity (Wildman–Crippen MR) is 78.5 cm³/mol. The van der Waals surface area contributed by atoms with Crippen LogP contribution in [0.15, 0.2) is 22.7 Å². The molecule has 2 nitrogen and oxygen atoms in total. The van der Waals surface area contributed by atoms with Gasteiger partial charge in [0.1, 0.15) is 0 Å². The van der Waals surface area contributed by atoms with Crippen molar-refractivity contribution in [3.05, 3.63) is 33.8 Å². The van der Waals surface area contributed by atoms with Crippen molar-refractivity contribution in [1.29, 1.82) is 0 Å². The Labute approximate surface area is 118 Å². The largest absolute Gasteiger partial charge is 0.313 e. The summed E-state index contributed by atoms with van der Waals surface area (Å²) in [5.74, 6) is 0. The molecule has 0 spiro atoms. The van der Waals surface area contributed by atoms with Crippen molar-refractivity contribution in [3.8, 4) is 0 Å². The first-order valence-corrected chi connectivity index (χ1v) is 7.78. The van der Waals surface area contributed by atoms with Crippen LogP contribution in [0.3, 0.4) is 0 Å². The van der Waals surface area contributed by atoms with Gasteiger partial charge in [0.25, 0.3) is 0 Å². The summed E-state index contributed by atoms with van der Waals surface area (Å²) in [6.45, 7) is 2.38. The van der Waals surface area contributed by atoms with Crippen molar-refractivity contribution in [1.82, 2.24) is 4.90 Å². The molecule has 2 aliphatic rings. The number of benzene rings is 1. The average molecular weight is 309 g/mol. The Kier molecular flexibility index (Phi) is 3.48. The molecule has 1 saturated heterocycles. The van der Waals surface area contributed by atoms with Crippen LogP contribution in [0, 0.1) is 0 Å². The summed E-state index contributed by atoms with van der Waals surface area (Å²) in [7, 11) is 0. The van der Waals surface area contributed by atoms with Gasteiger partial charge in [-0.3, -0.25) is 4.90 Å². The zero-order valence-electron chi connectivity index (χ0n) is 10.8. The number of rotatable bonds is 1. The second-order valence-electron chi connectivity index (χ2n) is 5.71. The second-order valence-corrected chi connectivity index (χ2v) is 6.63. The van der Waals surface area contributed by atoms with Gasteiger partial charge in [0.05, 0.1) is 5.66 Å². The lowest BCUT2D eigenvalue weighted by Crippen LogP contribution is -2.55. The number of hydrogen-bond donors (Lipinski definition) is 1. The molecule has 0 radical (unpaired) electrons. The third-order valence-corrected chi connectivity index (χ3v) is 5.05. The fourth-order valence-electron chi connectivity index (χ4n) is 3.38. The Morgan fingerprint density at radius 3 is 2.44 bits per heavy atom. The molecule has 0 aromatic heterocycles. The minimum Gasteiger partial charge on any atom is -0.313 e. The molecule has 1 aromatic rings. The zero-order valence-corrected chi connectivity index (χ0v) is 12.4. The van der Waals surface area contributed by atoms with Crippen molar-refractivity contribution in [2.45, 2.75) is 44.2 Å². The Bertz CT molecular complexity index is 440. The van der Waals surface area contributed by atoms with Crippen molar-refractivity contribution in [2.75, 3.05) is 13.1 Å². The molecule has 1 aromatic carbocycles. The Balaban J connectivity index is 1.81. The van der Waals surface area contributed by atoms with Crippen LogP contribution in [-0.2, 0) is 12.8 Å². The highest BCUT2D eigenvalue weighted by molar-refractivity contribution is 9.10. The summed E-state index contributed by atoms with van der Waals surface area (Å²) in [6, 6.07) is 6.68. The van der Waals surface area contributed by atoms with Crippen LogP contribution in [0.2, 0.25) is 0 Å². The van der Waals surface area contributed by atoms with Gasteiger partial charge in [-0.2, -0.15) is 0 Å². The second kappa shape index (κ2) is 4.95. The maximum atomic E-state index is 6.70. The summed E-state index contributed by atoms with van der Waals surface area (Å²) < 4.78 is 1.19. The summed E-state index contributed by atoms with van der Waals surface area (Å²) in [5, 5.41) is 0. The third kappa shape index (κ3) is 2.36. The number of likely N-dealkylation sites (tertiary alicyclic amines) is 1. The molecular weight excluding hydrogens is 288 g/mol. The fourth-order valence-corrected chi connectivity index (χ4v) is 3.79. The SMILES string of the molecule is N[C@]1(N2CCCC2)CCc2ccc(Br)cc2CC1. The first-order chi connectivity index (χ1) is 8.67. The van der Waals surface area contributed by atoms with E-state index in [1.165, 1.54) is 41.5 Å². The highest BCUT2D eigenvalue weighted by Crippen LogP contribution is 2.32. The Hall–Kier alpha value is -0.380. The number of halogens is 1. The van der Waals surface area contributed by atoms with Crippen LogP contribution in [0.1, 0.15) is 36.8 Å². The lowest BCUT2D eigenvalue weighted by molar-refractivity contribution is 0.105. The summed E-state index contributed by atoms with van der Waals surface area (Å²) in [5.41, 5.74) is 9.60. The topological polar surface area (TPSA) is 29.3 Å². The molecule has 0 bridgehead atoms. The van der Waals surface area contributed by atoms with Gasteiger partial charge in [0.2, 0.25) is 0 Å². The van der Waals surface area contributed by atoms with Crippen LogP contribution in [0.25, 0.3) is 0 Å². The monoisotopic (exact) mass is 308 g/mol. The molecule has 0 amide bonds. The lowest BCUT2D eigenvalue weighted by atomic mass is 9.99. The van der Waals surface area contributed by atoms with Gasteiger partial charge in [-0.1, -0.05) is 22.0 Å². The minimum atomic E-state index is -0.0675. The lowest BCUT2D eigenvalue weighted by Gasteiger charge is -2.38. The molecule has 18 heavy (non-hydrogen) atoms. The summed E-state index contributed by atoms with van der Waals surface area (Å²) in [6.07, 6.45) is 7.06. The van der Waals surface area contributed by atoms with Crippen LogP contribution < -0.4 is 5.73 Å². The number of hydrogen-bond acceptors (Lipinski definition) is 2. The summed E-state index contributed by atoms with van der Waals surface area (Å²) >= 11 is 3.57. The van der Waals surface area contributed by atoms with E-state index >= 15 is 0 Å². The van der Waals surface area contributed by atoms with Gasteiger partial charge >= 0.3 is 0 Å². The first kappa shape index (κ1) is 12.6. The fraction of sp³-hybridized carbons (Fsp3) is 0.600. The number of aryl methyl sites for hydroxylation is 2. The van der Waals surface area contributed by atoms with Gasteiger partial charge in [0.15, 0.2) is 0 Å². The van der Waals surface area contributed by atoms with Crippen LogP contribution in [-0.4, -0.2) is 23.7 Å². The Morgan fingerprint density at radius 2 is 1.72 bits per heavy atom. The van der Waals surface area contributed by atoms with E-state index in [4.69, 9.17) is 5.73 Å². The van der Waals surface area contributed by atoms with Crippen molar-refractivity contribution in [2.24, 2.45) is 5.73 Å². The van der Waals surface area contributed by atoms with E-state index in [-0.39, 0.29) is 5.66 Å². The molecule has 2 N–H and O–H groups in total. The molecule has 3 rings (SSSR count). The molecule has 0 unspecified atom stereocenters. The van der Waals surface area contributed by atoms with E-state index in [0.717, 1.165) is 25.7 Å². The highest BCUT2D eigenvalue weighted by atomic mass is 79.9. The van der Waals surface area contributed by atoms with Crippen LogP contribution in [0.5, 0.6) is 0 Å². The van der Waals surface area contributed by atoms with Gasteiger partial charge < -0.3 is 5.73 Å². The zero-order chi connectivity index (χ0) is 12.6. The highest BCUT2D eigenvalue weighted by Gasteiger charge is 2.35. The molecule has 1 heterocycles. The molecule has 98 valence electrons. The standard InChI is InChI=1S/C15H21BrN2/c16-14-4-3-12-5-7-15(17,8-6-13(12)11-14)18-9-1-2-10-18/h3-4,11H,1-2,5-10,17H2/t15-/m0/s1. The van der Waals surface area contributed by atoms with Crippen molar-refractivity contribution in [3.63, 3.8) is 0 Å². The molecule has 1 aliphatic carbocycles. The first-order valence-electron chi connectivity index (χ1n) is 6.99. The van der Waals surface area contributed by atoms with E-state index in [1.807, 2.05) is 0 Å². The van der Waals surface area contributed by atoms with Crippen molar-refractivity contribution < 1.29 is 0 Å². The quantitative estimate of drug-likeness (QED) is 0.808. The van der Waals surface area contributed by atoms with E-state index in [2.05, 4.69) is 39.0 Å². The van der Waals surface area contributed by atoms with E-state index in [9.17, 15) is 0 Å². The number of nitrogens with two attached hydrogens (primary N) is 1. The minimum absolute atomic E-state index is 0.0675. The van der Waals surface area contributed by atoms with Gasteiger partial charge in [0, 0.05) is 4.47 Å². The maximum absolute atomic E-state index is 6.70. The number of fused-ring (bicyclic) bond motifs is 1.